The molecule has 0 N–H and O–H groups in total. The van der Waals surface area contributed by atoms with Gasteiger partial charge in [0.15, 0.2) is 0 Å². The smallest absolute Gasteiger partial charge is 0.342 e. The summed E-state index contributed by atoms with van der Waals surface area (Å²) in [6.45, 7) is 17.6. The van der Waals surface area contributed by atoms with Crippen molar-refractivity contribution in [3.8, 4) is 11.5 Å². The first-order valence-corrected chi connectivity index (χ1v) is 23.7. The standard InChI is InChI=1S/C39H53N5O6SSi/c1-39(2,3)50-38(45)34-13-12-31(25-36(34)49-32-24-30-14-16-43(37(30)40-26-32)28-48-22-23-52(5,6)7)41-18-20-42(21-19-41)35-27-44(51(4,46)47)17-15-29-10-8-9-11-33(29)35/h8-14,16,24-26,35H,15,17-23,27-28H2,1-7H3. The fraction of sp³-hybridized carbons (Fsp3) is 0.487. The maximum Gasteiger partial charge on any atom is 0.342 e. The number of esters is 1. The molecule has 0 aliphatic carbocycles. The van der Waals surface area contributed by atoms with E-state index in [1.54, 1.807) is 16.6 Å². The van der Waals surface area contributed by atoms with Crippen LogP contribution in [0.1, 0.15) is 48.3 Å². The highest BCUT2D eigenvalue weighted by Gasteiger charge is 2.33. The summed E-state index contributed by atoms with van der Waals surface area (Å²) in [6.07, 6.45) is 5.65. The molecule has 1 atom stereocenters. The van der Waals surface area contributed by atoms with Crippen molar-refractivity contribution < 1.29 is 27.4 Å². The SMILES string of the molecule is CC(C)(C)OC(=O)c1ccc(N2CCN(C3CN(S(C)(=O)=O)CCc4ccccc43)CC2)cc1Oc1cnc2c(ccn2COCC[Si](C)(C)C)c1. The van der Waals surface area contributed by atoms with E-state index < -0.39 is 29.7 Å². The fourth-order valence-electron chi connectivity index (χ4n) is 6.80. The summed E-state index contributed by atoms with van der Waals surface area (Å²) >= 11 is 0. The molecule has 4 heterocycles. The molecule has 4 aromatic rings. The molecular weight excluding hydrogens is 695 g/mol. The lowest BCUT2D eigenvalue weighted by atomic mass is 9.98. The number of hydrogen-bond donors (Lipinski definition) is 0. The molecule has 13 heteroatoms. The molecule has 1 fully saturated rings. The number of ether oxygens (including phenoxy) is 3. The topological polar surface area (TPSA) is 106 Å². The Balaban J connectivity index is 1.20. The minimum Gasteiger partial charge on any atom is -0.456 e. The number of carbonyl (C=O) groups is 1. The number of nitrogens with zero attached hydrogens (tertiary/aromatic N) is 5. The number of benzene rings is 2. The van der Waals surface area contributed by atoms with Crippen LogP contribution < -0.4 is 9.64 Å². The number of anilines is 1. The Hall–Kier alpha value is -3.75. The van der Waals surface area contributed by atoms with Crippen LogP contribution in [0.25, 0.3) is 11.0 Å². The van der Waals surface area contributed by atoms with Crippen molar-refractivity contribution in [2.75, 3.05) is 57.0 Å². The van der Waals surface area contributed by atoms with Crippen LogP contribution >= 0.6 is 0 Å². The molecule has 1 saturated heterocycles. The van der Waals surface area contributed by atoms with Crippen LogP contribution in [0.2, 0.25) is 25.7 Å². The fourth-order valence-corrected chi connectivity index (χ4v) is 8.39. The van der Waals surface area contributed by atoms with E-state index in [1.165, 1.54) is 17.4 Å². The molecule has 6 rings (SSSR count). The molecule has 2 aliphatic rings. The summed E-state index contributed by atoms with van der Waals surface area (Å²) in [5.41, 5.74) is 3.80. The van der Waals surface area contributed by atoms with Crippen LogP contribution in [-0.2, 0) is 32.6 Å². The van der Waals surface area contributed by atoms with Crippen LogP contribution in [-0.4, -0.2) is 98.9 Å². The van der Waals surface area contributed by atoms with Gasteiger partial charge in [0.05, 0.1) is 12.5 Å². The van der Waals surface area contributed by atoms with E-state index >= 15 is 0 Å². The first-order valence-electron chi connectivity index (χ1n) is 18.1. The Kier molecular flexibility index (Phi) is 11.2. The second-order valence-electron chi connectivity index (χ2n) is 16.1. The van der Waals surface area contributed by atoms with Crippen molar-refractivity contribution in [2.24, 2.45) is 0 Å². The van der Waals surface area contributed by atoms with Crippen LogP contribution in [0.15, 0.2) is 67.0 Å². The van der Waals surface area contributed by atoms with Gasteiger partial charge in [-0.1, -0.05) is 43.9 Å². The Labute approximate surface area is 309 Å². The molecule has 0 saturated carbocycles. The van der Waals surface area contributed by atoms with Gasteiger partial charge in [0, 0.05) is 83.3 Å². The summed E-state index contributed by atoms with van der Waals surface area (Å²) in [6, 6.07) is 18.9. The number of fused-ring (bicyclic) bond motifs is 2. The highest BCUT2D eigenvalue weighted by Crippen LogP contribution is 2.35. The van der Waals surface area contributed by atoms with Gasteiger partial charge in [-0.15, -0.1) is 0 Å². The number of hydrogen-bond acceptors (Lipinski definition) is 9. The van der Waals surface area contributed by atoms with Gasteiger partial charge in [-0.25, -0.2) is 18.2 Å². The Morgan fingerprint density at radius 3 is 2.44 bits per heavy atom. The van der Waals surface area contributed by atoms with Gasteiger partial charge in [-0.3, -0.25) is 4.90 Å². The first-order chi connectivity index (χ1) is 24.5. The van der Waals surface area contributed by atoms with Crippen molar-refractivity contribution in [1.82, 2.24) is 18.8 Å². The summed E-state index contributed by atoms with van der Waals surface area (Å²) in [4.78, 5) is 22.8. The van der Waals surface area contributed by atoms with Crippen molar-refractivity contribution in [3.63, 3.8) is 0 Å². The normalized spacial score (nSPS) is 17.9. The molecule has 2 aliphatic heterocycles. The number of piperazine rings is 1. The Morgan fingerprint density at radius 1 is 0.981 bits per heavy atom. The molecule has 0 bridgehead atoms. The molecule has 0 amide bonds. The highest BCUT2D eigenvalue weighted by atomic mass is 32.2. The van der Waals surface area contributed by atoms with Crippen LogP contribution in [0, 0.1) is 0 Å². The molecule has 1 unspecified atom stereocenters. The second-order valence-corrected chi connectivity index (χ2v) is 23.7. The predicted octanol–water partition coefficient (Wildman–Crippen LogP) is 6.78. The van der Waals surface area contributed by atoms with E-state index in [0.717, 1.165) is 55.6 Å². The van der Waals surface area contributed by atoms with Crippen LogP contribution in [0.4, 0.5) is 5.69 Å². The van der Waals surface area contributed by atoms with Crippen molar-refractivity contribution in [1.29, 1.82) is 0 Å². The summed E-state index contributed by atoms with van der Waals surface area (Å²) in [5.74, 6) is 0.446. The lowest BCUT2D eigenvalue weighted by molar-refractivity contribution is 0.00671. The minimum atomic E-state index is -3.33. The van der Waals surface area contributed by atoms with Crippen molar-refractivity contribution in [2.45, 2.75) is 71.3 Å². The van der Waals surface area contributed by atoms with Gasteiger partial charge in [0.1, 0.15) is 35.0 Å². The summed E-state index contributed by atoms with van der Waals surface area (Å²) in [5, 5.41) is 0.909. The van der Waals surface area contributed by atoms with E-state index in [9.17, 15) is 13.2 Å². The van der Waals surface area contributed by atoms with Gasteiger partial charge >= 0.3 is 5.97 Å². The van der Waals surface area contributed by atoms with E-state index in [2.05, 4.69) is 41.6 Å². The number of carbonyl (C=O) groups excluding carboxylic acids is 1. The summed E-state index contributed by atoms with van der Waals surface area (Å²) in [7, 11) is -4.51. The van der Waals surface area contributed by atoms with Crippen molar-refractivity contribution >= 4 is 40.8 Å². The molecule has 2 aromatic heterocycles. The zero-order chi connectivity index (χ0) is 37.3. The van der Waals surface area contributed by atoms with E-state index in [0.29, 0.717) is 43.3 Å². The molecule has 2 aromatic carbocycles. The third kappa shape index (κ3) is 9.42. The second kappa shape index (κ2) is 15.3. The van der Waals surface area contributed by atoms with E-state index in [-0.39, 0.29) is 6.04 Å². The third-order valence-corrected chi connectivity index (χ3v) is 12.6. The van der Waals surface area contributed by atoms with Gasteiger partial charge in [-0.2, -0.15) is 4.31 Å². The predicted molar refractivity (Wildman–Crippen MR) is 209 cm³/mol. The van der Waals surface area contributed by atoms with Gasteiger partial charge in [-0.05, 0) is 68.6 Å². The van der Waals surface area contributed by atoms with E-state index in [1.807, 2.05) is 67.9 Å². The van der Waals surface area contributed by atoms with Crippen LogP contribution in [0.5, 0.6) is 11.5 Å². The molecule has 280 valence electrons. The number of pyridine rings is 1. The molecule has 0 radical (unpaired) electrons. The quantitative estimate of drug-likeness (QED) is 0.0933. The lowest BCUT2D eigenvalue weighted by Gasteiger charge is -2.41. The lowest BCUT2D eigenvalue weighted by Crippen LogP contribution is -2.50. The maximum absolute atomic E-state index is 13.4. The molecule has 0 spiro atoms. The monoisotopic (exact) mass is 747 g/mol. The number of aromatic nitrogens is 2. The highest BCUT2D eigenvalue weighted by molar-refractivity contribution is 7.88. The average molecular weight is 748 g/mol. The molecular formula is C39H53N5O6SSi. The van der Waals surface area contributed by atoms with Crippen molar-refractivity contribution in [3.05, 3.63) is 83.7 Å². The van der Waals surface area contributed by atoms with Gasteiger partial charge in [0.25, 0.3) is 0 Å². The first kappa shape index (κ1) is 38.0. The van der Waals surface area contributed by atoms with Gasteiger partial charge < -0.3 is 23.7 Å². The molecule has 11 nitrogen and oxygen atoms in total. The van der Waals surface area contributed by atoms with Gasteiger partial charge in [0.2, 0.25) is 10.0 Å². The Bertz CT molecular complexity index is 2000. The minimum absolute atomic E-state index is 0.0296. The third-order valence-electron chi connectivity index (χ3n) is 9.63. The molecule has 52 heavy (non-hydrogen) atoms. The Morgan fingerprint density at radius 2 is 1.73 bits per heavy atom. The largest absolute Gasteiger partial charge is 0.456 e. The zero-order valence-corrected chi connectivity index (χ0v) is 33.4. The number of rotatable bonds is 11. The number of sulfonamides is 1. The zero-order valence-electron chi connectivity index (χ0n) is 31.6. The van der Waals surface area contributed by atoms with E-state index in [4.69, 9.17) is 19.2 Å². The summed E-state index contributed by atoms with van der Waals surface area (Å²) < 4.78 is 47.1. The maximum atomic E-state index is 13.4. The van der Waals surface area contributed by atoms with Crippen LogP contribution in [0.3, 0.4) is 0 Å². The average Bonchev–Trinajstić information content (AvgIpc) is 3.35.